The number of hydrogen-bond acceptors (Lipinski definition) is 6. The second-order valence-electron chi connectivity index (χ2n) is 4.34. The van der Waals surface area contributed by atoms with Crippen molar-refractivity contribution in [1.82, 2.24) is 15.0 Å². The molecule has 7 heteroatoms. The van der Waals surface area contributed by atoms with Crippen molar-refractivity contribution < 1.29 is 9.47 Å². The number of nitrogens with zero attached hydrogens (tertiary/aromatic N) is 4. The molecule has 0 saturated carbocycles. The summed E-state index contributed by atoms with van der Waals surface area (Å²) in [5, 5.41) is 0.215. The van der Waals surface area contributed by atoms with Gasteiger partial charge < -0.3 is 14.4 Å². The number of piperidine rings is 1. The van der Waals surface area contributed by atoms with Crippen LogP contribution in [0.25, 0.3) is 0 Å². The van der Waals surface area contributed by atoms with E-state index in [0.717, 1.165) is 19.5 Å². The molecule has 1 fully saturated rings. The summed E-state index contributed by atoms with van der Waals surface area (Å²) in [4.78, 5) is 14.5. The fourth-order valence-electron chi connectivity index (χ4n) is 1.95. The lowest BCUT2D eigenvalue weighted by atomic mass is 10.00. The van der Waals surface area contributed by atoms with Crippen molar-refractivity contribution >= 4 is 17.5 Å². The number of hydrogen-bond donors (Lipinski definition) is 0. The van der Waals surface area contributed by atoms with Gasteiger partial charge in [0.25, 0.3) is 0 Å². The number of methoxy groups -OCH3 is 2. The Morgan fingerprint density at radius 1 is 1.17 bits per heavy atom. The van der Waals surface area contributed by atoms with Crippen LogP contribution in [-0.4, -0.2) is 47.6 Å². The van der Waals surface area contributed by atoms with Gasteiger partial charge in [-0.2, -0.15) is 9.97 Å². The Labute approximate surface area is 111 Å². The zero-order valence-corrected chi connectivity index (χ0v) is 11.5. The molecule has 18 heavy (non-hydrogen) atoms. The highest BCUT2D eigenvalue weighted by molar-refractivity contribution is 6.20. The van der Waals surface area contributed by atoms with E-state index < -0.39 is 0 Å². The van der Waals surface area contributed by atoms with Crippen LogP contribution in [0, 0.1) is 5.92 Å². The van der Waals surface area contributed by atoms with Crippen LogP contribution >= 0.6 is 11.6 Å². The Morgan fingerprint density at radius 3 is 2.28 bits per heavy atom. The quantitative estimate of drug-likeness (QED) is 0.774. The van der Waals surface area contributed by atoms with Crippen LogP contribution in [0.1, 0.15) is 13.3 Å². The van der Waals surface area contributed by atoms with Crippen molar-refractivity contribution in [3.63, 3.8) is 0 Å². The van der Waals surface area contributed by atoms with Crippen molar-refractivity contribution in [2.45, 2.75) is 18.7 Å². The fourth-order valence-corrected chi connectivity index (χ4v) is 2.13. The molecule has 1 aromatic heterocycles. The first kappa shape index (κ1) is 13.1. The smallest absolute Gasteiger partial charge is 0.324 e. The number of halogens is 1. The number of alkyl halides is 1. The summed E-state index contributed by atoms with van der Waals surface area (Å²) < 4.78 is 10.1. The van der Waals surface area contributed by atoms with E-state index in [-0.39, 0.29) is 17.4 Å². The summed E-state index contributed by atoms with van der Waals surface area (Å²) in [5.74, 6) is 0.975. The van der Waals surface area contributed by atoms with Crippen LogP contribution < -0.4 is 14.4 Å². The third-order valence-electron chi connectivity index (χ3n) is 3.03. The molecule has 6 nitrogen and oxygen atoms in total. The lowest BCUT2D eigenvalue weighted by Gasteiger charge is -2.33. The highest BCUT2D eigenvalue weighted by atomic mass is 35.5. The Hall–Kier alpha value is -1.30. The summed E-state index contributed by atoms with van der Waals surface area (Å²) >= 11 is 6.21. The van der Waals surface area contributed by atoms with E-state index in [1.165, 1.54) is 14.2 Å². The average molecular weight is 273 g/mol. The number of rotatable bonds is 3. The van der Waals surface area contributed by atoms with Gasteiger partial charge in [-0.3, -0.25) is 0 Å². The Balaban J connectivity index is 2.22. The van der Waals surface area contributed by atoms with Crippen molar-refractivity contribution in [3.05, 3.63) is 0 Å². The third-order valence-corrected chi connectivity index (χ3v) is 3.68. The minimum Gasteiger partial charge on any atom is -0.467 e. The molecule has 0 aromatic carbocycles. The highest BCUT2D eigenvalue weighted by Crippen LogP contribution is 2.25. The molecule has 0 N–H and O–H groups in total. The van der Waals surface area contributed by atoms with Gasteiger partial charge in [-0.15, -0.1) is 16.6 Å². The number of aromatic nitrogens is 3. The van der Waals surface area contributed by atoms with Crippen molar-refractivity contribution in [2.75, 3.05) is 32.2 Å². The highest BCUT2D eigenvalue weighted by Gasteiger charge is 2.26. The Morgan fingerprint density at radius 2 is 1.78 bits per heavy atom. The topological polar surface area (TPSA) is 60.4 Å². The normalized spacial score (nSPS) is 23.9. The summed E-state index contributed by atoms with van der Waals surface area (Å²) in [6.07, 6.45) is 0.916. The lowest BCUT2D eigenvalue weighted by molar-refractivity contribution is 0.338. The maximum atomic E-state index is 6.21. The van der Waals surface area contributed by atoms with Gasteiger partial charge in [0.15, 0.2) is 0 Å². The molecular formula is C11H17ClN4O2. The predicted octanol–water partition coefficient (Wildman–Crippen LogP) is 1.34. The summed E-state index contributed by atoms with van der Waals surface area (Å²) in [7, 11) is 3.04. The zero-order valence-electron chi connectivity index (χ0n) is 10.8. The zero-order chi connectivity index (χ0) is 13.1. The van der Waals surface area contributed by atoms with Gasteiger partial charge in [0.2, 0.25) is 5.95 Å². The van der Waals surface area contributed by atoms with Crippen LogP contribution in [0.5, 0.6) is 12.0 Å². The average Bonchev–Trinajstić information content (AvgIpc) is 2.41. The van der Waals surface area contributed by atoms with Crippen molar-refractivity contribution in [2.24, 2.45) is 5.92 Å². The maximum Gasteiger partial charge on any atom is 0.324 e. The minimum absolute atomic E-state index is 0.215. The van der Waals surface area contributed by atoms with Crippen LogP contribution in [-0.2, 0) is 0 Å². The van der Waals surface area contributed by atoms with Crippen LogP contribution in [0.3, 0.4) is 0 Å². The molecule has 2 atom stereocenters. The van der Waals surface area contributed by atoms with Gasteiger partial charge in [0, 0.05) is 18.5 Å². The van der Waals surface area contributed by atoms with E-state index in [0.29, 0.717) is 11.9 Å². The number of ether oxygens (including phenoxy) is 2. The second-order valence-corrected chi connectivity index (χ2v) is 4.90. The molecule has 2 unspecified atom stereocenters. The molecule has 2 rings (SSSR count). The molecule has 2 heterocycles. The lowest BCUT2D eigenvalue weighted by Crippen LogP contribution is -2.40. The largest absolute Gasteiger partial charge is 0.467 e. The molecule has 0 aliphatic carbocycles. The number of anilines is 1. The van der Waals surface area contributed by atoms with Gasteiger partial charge in [0.05, 0.1) is 14.2 Å². The summed E-state index contributed by atoms with van der Waals surface area (Å²) in [6.45, 7) is 3.78. The molecular weight excluding hydrogens is 256 g/mol. The SMILES string of the molecule is COc1nc(OC)nc(N2CCC(Cl)C(C)C2)n1. The predicted molar refractivity (Wildman–Crippen MR) is 68.6 cm³/mol. The van der Waals surface area contributed by atoms with E-state index in [1.807, 2.05) is 0 Å². The van der Waals surface area contributed by atoms with Gasteiger partial charge in [-0.05, 0) is 12.3 Å². The molecule has 1 aliphatic rings. The molecule has 0 bridgehead atoms. The summed E-state index contributed by atoms with van der Waals surface area (Å²) in [5.41, 5.74) is 0. The first-order valence-corrected chi connectivity index (χ1v) is 6.30. The first-order chi connectivity index (χ1) is 8.63. The van der Waals surface area contributed by atoms with E-state index in [9.17, 15) is 0 Å². The van der Waals surface area contributed by atoms with Gasteiger partial charge in [-0.1, -0.05) is 6.92 Å². The monoisotopic (exact) mass is 272 g/mol. The molecule has 1 aliphatic heterocycles. The molecule has 100 valence electrons. The van der Waals surface area contributed by atoms with Gasteiger partial charge in [0.1, 0.15) is 0 Å². The van der Waals surface area contributed by atoms with Gasteiger partial charge >= 0.3 is 12.0 Å². The molecule has 0 radical (unpaired) electrons. The van der Waals surface area contributed by atoms with Crippen LogP contribution in [0.15, 0.2) is 0 Å². The summed E-state index contributed by atoms with van der Waals surface area (Å²) in [6, 6.07) is 0.523. The Kier molecular flexibility index (Phi) is 4.06. The second kappa shape index (κ2) is 5.56. The molecule has 1 aromatic rings. The van der Waals surface area contributed by atoms with E-state index in [2.05, 4.69) is 26.8 Å². The molecule has 1 saturated heterocycles. The minimum atomic E-state index is 0.215. The molecule has 0 spiro atoms. The van der Waals surface area contributed by atoms with E-state index >= 15 is 0 Å². The molecule has 0 amide bonds. The fraction of sp³-hybridized carbons (Fsp3) is 0.727. The third kappa shape index (κ3) is 2.75. The van der Waals surface area contributed by atoms with Crippen LogP contribution in [0.2, 0.25) is 0 Å². The van der Waals surface area contributed by atoms with Gasteiger partial charge in [-0.25, -0.2) is 0 Å². The van der Waals surface area contributed by atoms with E-state index in [4.69, 9.17) is 21.1 Å². The standard InChI is InChI=1S/C11H17ClN4O2/c1-7-6-16(5-4-8(7)12)9-13-10(17-2)15-11(14-9)18-3/h7-8H,4-6H2,1-3H3. The van der Waals surface area contributed by atoms with Crippen molar-refractivity contribution in [1.29, 1.82) is 0 Å². The van der Waals surface area contributed by atoms with Crippen molar-refractivity contribution in [3.8, 4) is 12.0 Å². The first-order valence-electron chi connectivity index (χ1n) is 5.87. The Bertz CT molecular complexity index is 396. The van der Waals surface area contributed by atoms with Crippen LogP contribution in [0.4, 0.5) is 5.95 Å². The van der Waals surface area contributed by atoms with E-state index in [1.54, 1.807) is 0 Å². The maximum absolute atomic E-state index is 6.21.